The molecule has 0 atom stereocenters. The number of benzene rings is 1. The summed E-state index contributed by atoms with van der Waals surface area (Å²) in [5.41, 5.74) is 0.962. The molecule has 100 valence electrons. The molecule has 0 spiro atoms. The zero-order valence-corrected chi connectivity index (χ0v) is 10.8. The van der Waals surface area contributed by atoms with Crippen LogP contribution < -0.4 is 10.1 Å². The topological polar surface area (TPSA) is 47.0 Å². The number of hydrogen-bond acceptors (Lipinski definition) is 4. The molecule has 0 fully saturated rings. The van der Waals surface area contributed by atoms with Gasteiger partial charge in [0.1, 0.15) is 6.61 Å². The van der Waals surface area contributed by atoms with Gasteiger partial charge in [0.2, 0.25) is 11.8 Å². The molecule has 0 bridgehead atoms. The van der Waals surface area contributed by atoms with Crippen LogP contribution in [0.4, 0.5) is 10.3 Å². The first kappa shape index (κ1) is 13.3. The van der Waals surface area contributed by atoms with Crippen molar-refractivity contribution in [2.24, 2.45) is 0 Å². The van der Waals surface area contributed by atoms with Crippen molar-refractivity contribution in [2.45, 2.75) is 20.0 Å². The largest absolute Gasteiger partial charge is 0.471 e. The Kier molecular flexibility index (Phi) is 4.66. The van der Waals surface area contributed by atoms with E-state index in [9.17, 15) is 4.39 Å². The molecule has 2 aromatic rings. The number of hydrogen-bond donors (Lipinski definition) is 1. The van der Waals surface area contributed by atoms with Crippen LogP contribution in [0.2, 0.25) is 0 Å². The smallest absolute Gasteiger partial charge is 0.255 e. The fraction of sp³-hybridized carbons (Fsp3) is 0.286. The van der Waals surface area contributed by atoms with Gasteiger partial charge in [0.25, 0.3) is 5.88 Å². The van der Waals surface area contributed by atoms with E-state index >= 15 is 0 Å². The van der Waals surface area contributed by atoms with E-state index in [1.165, 1.54) is 0 Å². The minimum atomic E-state index is -0.557. The van der Waals surface area contributed by atoms with Crippen molar-refractivity contribution in [2.75, 3.05) is 11.9 Å². The fourth-order valence-electron chi connectivity index (χ4n) is 1.50. The summed E-state index contributed by atoms with van der Waals surface area (Å²) in [6.07, 6.45) is 2.06. The predicted molar refractivity (Wildman–Crippen MR) is 71.5 cm³/mol. The zero-order chi connectivity index (χ0) is 13.5. The monoisotopic (exact) mass is 261 g/mol. The molecule has 2 rings (SSSR count). The summed E-state index contributed by atoms with van der Waals surface area (Å²) in [6, 6.07) is 9.55. The van der Waals surface area contributed by atoms with E-state index in [1.54, 1.807) is 0 Å². The van der Waals surface area contributed by atoms with Crippen molar-refractivity contribution in [3.8, 4) is 5.88 Å². The first-order chi connectivity index (χ1) is 9.29. The third kappa shape index (κ3) is 3.91. The standard InChI is InChI=1S/C14H16FN3O/c1-2-8-16-14-17-9-12(15)13(18-14)19-10-11-6-4-3-5-7-11/h3-7,9H,2,8,10H2,1H3,(H,16,17,18). The van der Waals surface area contributed by atoms with Crippen molar-refractivity contribution in [3.05, 3.63) is 47.9 Å². The number of nitrogens with one attached hydrogen (secondary N) is 1. The minimum absolute atomic E-state index is 0.0301. The van der Waals surface area contributed by atoms with Crippen molar-refractivity contribution >= 4 is 5.95 Å². The summed E-state index contributed by atoms with van der Waals surface area (Å²) in [5, 5.41) is 2.99. The summed E-state index contributed by atoms with van der Waals surface area (Å²) < 4.78 is 18.9. The van der Waals surface area contributed by atoms with E-state index in [0.29, 0.717) is 5.95 Å². The predicted octanol–water partition coefficient (Wildman–Crippen LogP) is 3.02. The zero-order valence-electron chi connectivity index (χ0n) is 10.8. The van der Waals surface area contributed by atoms with E-state index < -0.39 is 5.82 Å². The van der Waals surface area contributed by atoms with Gasteiger partial charge in [-0.3, -0.25) is 0 Å². The Hall–Kier alpha value is -2.17. The first-order valence-electron chi connectivity index (χ1n) is 6.22. The lowest BCUT2D eigenvalue weighted by Gasteiger charge is -2.08. The molecule has 1 heterocycles. The summed E-state index contributed by atoms with van der Waals surface area (Å²) in [4.78, 5) is 7.86. The third-order valence-corrected chi connectivity index (χ3v) is 2.46. The quantitative estimate of drug-likeness (QED) is 0.868. The van der Waals surface area contributed by atoms with Crippen molar-refractivity contribution in [3.63, 3.8) is 0 Å². The highest BCUT2D eigenvalue weighted by atomic mass is 19.1. The van der Waals surface area contributed by atoms with Gasteiger partial charge in [0, 0.05) is 6.54 Å². The molecule has 0 unspecified atom stereocenters. The molecule has 0 aliphatic carbocycles. The van der Waals surface area contributed by atoms with Crippen LogP contribution in [-0.2, 0) is 6.61 Å². The fourth-order valence-corrected chi connectivity index (χ4v) is 1.50. The molecular formula is C14H16FN3O. The minimum Gasteiger partial charge on any atom is -0.471 e. The molecule has 0 amide bonds. The molecular weight excluding hydrogens is 245 g/mol. The van der Waals surface area contributed by atoms with Gasteiger partial charge in [-0.1, -0.05) is 37.3 Å². The second-order valence-electron chi connectivity index (χ2n) is 4.05. The number of nitrogens with zero attached hydrogens (tertiary/aromatic N) is 2. The number of halogens is 1. The van der Waals surface area contributed by atoms with Crippen molar-refractivity contribution < 1.29 is 9.13 Å². The van der Waals surface area contributed by atoms with Crippen LogP contribution in [0.5, 0.6) is 5.88 Å². The summed E-state index contributed by atoms with van der Waals surface area (Å²) in [6.45, 7) is 3.05. The SMILES string of the molecule is CCCNc1ncc(F)c(OCc2ccccc2)n1. The number of rotatable bonds is 6. The molecule has 1 aromatic carbocycles. The normalized spacial score (nSPS) is 10.2. The van der Waals surface area contributed by atoms with Gasteiger partial charge in [0.15, 0.2) is 0 Å². The molecule has 0 aliphatic rings. The van der Waals surface area contributed by atoms with Crippen LogP contribution in [0, 0.1) is 5.82 Å². The maximum Gasteiger partial charge on any atom is 0.255 e. The molecule has 1 N–H and O–H groups in total. The number of anilines is 1. The van der Waals surface area contributed by atoms with Gasteiger partial charge in [-0.05, 0) is 12.0 Å². The van der Waals surface area contributed by atoms with Gasteiger partial charge in [-0.15, -0.1) is 0 Å². The Morgan fingerprint density at radius 3 is 2.79 bits per heavy atom. The van der Waals surface area contributed by atoms with Crippen molar-refractivity contribution in [1.29, 1.82) is 0 Å². The summed E-state index contributed by atoms with van der Waals surface area (Å²) in [7, 11) is 0. The Labute approximate surface area is 111 Å². The molecule has 0 saturated carbocycles. The first-order valence-corrected chi connectivity index (χ1v) is 6.22. The maximum absolute atomic E-state index is 13.5. The molecule has 0 radical (unpaired) electrons. The van der Waals surface area contributed by atoms with Crippen LogP contribution in [0.3, 0.4) is 0 Å². The molecule has 0 aliphatic heterocycles. The van der Waals surface area contributed by atoms with Gasteiger partial charge in [0.05, 0.1) is 6.20 Å². The van der Waals surface area contributed by atoms with Gasteiger partial charge in [-0.25, -0.2) is 4.98 Å². The van der Waals surface area contributed by atoms with E-state index in [0.717, 1.165) is 24.7 Å². The lowest BCUT2D eigenvalue weighted by molar-refractivity contribution is 0.276. The second kappa shape index (κ2) is 6.68. The molecule has 19 heavy (non-hydrogen) atoms. The molecule has 0 saturated heterocycles. The van der Waals surface area contributed by atoms with Crippen LogP contribution >= 0.6 is 0 Å². The van der Waals surface area contributed by atoms with Crippen LogP contribution in [0.15, 0.2) is 36.5 Å². The molecule has 1 aromatic heterocycles. The Morgan fingerprint density at radius 2 is 2.05 bits per heavy atom. The maximum atomic E-state index is 13.5. The summed E-state index contributed by atoms with van der Waals surface area (Å²) in [5.74, 6) is -0.207. The highest BCUT2D eigenvalue weighted by Crippen LogP contribution is 2.16. The number of aromatic nitrogens is 2. The van der Waals surface area contributed by atoms with E-state index in [1.807, 2.05) is 37.3 Å². The Bertz CT molecular complexity index is 519. The van der Waals surface area contributed by atoms with E-state index in [2.05, 4.69) is 15.3 Å². The Morgan fingerprint density at radius 1 is 1.26 bits per heavy atom. The van der Waals surface area contributed by atoms with Crippen LogP contribution in [0.1, 0.15) is 18.9 Å². The lowest BCUT2D eigenvalue weighted by atomic mass is 10.2. The summed E-state index contributed by atoms with van der Waals surface area (Å²) >= 11 is 0. The van der Waals surface area contributed by atoms with Gasteiger partial charge in [-0.2, -0.15) is 9.37 Å². The third-order valence-electron chi connectivity index (χ3n) is 2.46. The van der Waals surface area contributed by atoms with E-state index in [4.69, 9.17) is 4.74 Å². The van der Waals surface area contributed by atoms with E-state index in [-0.39, 0.29) is 12.5 Å². The average molecular weight is 261 g/mol. The highest BCUT2D eigenvalue weighted by molar-refractivity contribution is 5.28. The number of ether oxygens (including phenoxy) is 1. The Balaban J connectivity index is 2.02. The van der Waals surface area contributed by atoms with Crippen LogP contribution in [0.25, 0.3) is 0 Å². The molecule has 4 nitrogen and oxygen atoms in total. The second-order valence-corrected chi connectivity index (χ2v) is 4.05. The van der Waals surface area contributed by atoms with Gasteiger partial charge < -0.3 is 10.1 Å². The van der Waals surface area contributed by atoms with Crippen molar-refractivity contribution in [1.82, 2.24) is 9.97 Å². The highest BCUT2D eigenvalue weighted by Gasteiger charge is 2.08. The average Bonchev–Trinajstić information content (AvgIpc) is 2.46. The molecule has 5 heteroatoms. The lowest BCUT2D eigenvalue weighted by Crippen LogP contribution is -2.07. The van der Waals surface area contributed by atoms with Gasteiger partial charge >= 0.3 is 0 Å². The van der Waals surface area contributed by atoms with Crippen LogP contribution in [-0.4, -0.2) is 16.5 Å².